The average Bonchev–Trinajstić information content (AvgIpc) is 2.61. The highest BCUT2D eigenvalue weighted by molar-refractivity contribution is 6.04. The largest absolute Gasteiger partial charge is 0.355 e. The molecule has 138 valence electrons. The number of nitrogens with one attached hydrogen (secondary N) is 2. The Morgan fingerprint density at radius 3 is 2.38 bits per heavy atom. The van der Waals surface area contributed by atoms with Crippen LogP contribution < -0.4 is 10.6 Å². The van der Waals surface area contributed by atoms with Gasteiger partial charge in [0.25, 0.3) is 0 Å². The second-order valence-electron chi connectivity index (χ2n) is 6.89. The lowest BCUT2D eigenvalue weighted by atomic mass is 9.91. The third-order valence-electron chi connectivity index (χ3n) is 4.31. The molecular weight excluding hydrogens is 331 g/mol. The summed E-state index contributed by atoms with van der Waals surface area (Å²) >= 11 is 0. The van der Waals surface area contributed by atoms with Gasteiger partial charge < -0.3 is 10.6 Å². The minimum absolute atomic E-state index is 0.272. The predicted octanol–water partition coefficient (Wildman–Crippen LogP) is 3.14. The predicted molar refractivity (Wildman–Crippen MR) is 99.9 cm³/mol. The first-order chi connectivity index (χ1) is 12.3. The number of carbonyl (C=O) groups is 2. The fourth-order valence-corrected chi connectivity index (χ4v) is 2.56. The summed E-state index contributed by atoms with van der Waals surface area (Å²) in [5, 5.41) is 5.53. The van der Waals surface area contributed by atoms with Crippen molar-refractivity contribution in [2.24, 2.45) is 5.41 Å². The van der Waals surface area contributed by atoms with Crippen molar-refractivity contribution >= 4 is 11.8 Å². The number of benzene rings is 2. The normalized spacial score (nSPS) is 11.1. The van der Waals surface area contributed by atoms with Crippen LogP contribution >= 0.6 is 0 Å². The van der Waals surface area contributed by atoms with E-state index in [-0.39, 0.29) is 24.2 Å². The van der Waals surface area contributed by atoms with Crippen LogP contribution in [-0.2, 0) is 22.6 Å². The Balaban J connectivity index is 1.85. The van der Waals surface area contributed by atoms with Crippen molar-refractivity contribution in [3.05, 3.63) is 71.0 Å². The highest BCUT2D eigenvalue weighted by atomic mass is 19.1. The van der Waals surface area contributed by atoms with Gasteiger partial charge in [-0.3, -0.25) is 9.59 Å². The van der Waals surface area contributed by atoms with E-state index in [0.717, 1.165) is 11.1 Å². The SMILES string of the molecule is Cc1cccc(CNC(=O)C(C)(C)C(=O)NCCc2ccccc2F)c1. The molecule has 0 saturated heterocycles. The van der Waals surface area contributed by atoms with Gasteiger partial charge in [-0.05, 0) is 44.4 Å². The van der Waals surface area contributed by atoms with Crippen LogP contribution in [0.25, 0.3) is 0 Å². The van der Waals surface area contributed by atoms with Gasteiger partial charge in [-0.1, -0.05) is 48.0 Å². The molecule has 0 aliphatic rings. The topological polar surface area (TPSA) is 58.2 Å². The van der Waals surface area contributed by atoms with Gasteiger partial charge >= 0.3 is 0 Å². The van der Waals surface area contributed by atoms with Crippen LogP contribution in [0.4, 0.5) is 4.39 Å². The summed E-state index contributed by atoms with van der Waals surface area (Å²) < 4.78 is 13.6. The first-order valence-corrected chi connectivity index (χ1v) is 8.66. The van der Waals surface area contributed by atoms with Crippen molar-refractivity contribution in [3.63, 3.8) is 0 Å². The number of rotatable bonds is 7. The number of carbonyl (C=O) groups excluding carboxylic acids is 2. The zero-order valence-corrected chi connectivity index (χ0v) is 15.4. The first kappa shape index (κ1) is 19.6. The van der Waals surface area contributed by atoms with E-state index in [9.17, 15) is 14.0 Å². The minimum Gasteiger partial charge on any atom is -0.355 e. The standard InChI is InChI=1S/C21H25FN2O2/c1-15-7-6-8-16(13-15)14-24-20(26)21(2,3)19(25)23-12-11-17-9-4-5-10-18(17)22/h4-10,13H,11-12,14H2,1-3H3,(H,23,25)(H,24,26). The lowest BCUT2D eigenvalue weighted by Crippen LogP contribution is -2.48. The smallest absolute Gasteiger partial charge is 0.235 e. The van der Waals surface area contributed by atoms with Gasteiger partial charge in [-0.15, -0.1) is 0 Å². The molecular formula is C21H25FN2O2. The van der Waals surface area contributed by atoms with Gasteiger partial charge in [0.05, 0.1) is 0 Å². The van der Waals surface area contributed by atoms with Crippen LogP contribution in [0, 0.1) is 18.2 Å². The molecule has 0 spiro atoms. The first-order valence-electron chi connectivity index (χ1n) is 8.66. The Labute approximate surface area is 153 Å². The van der Waals surface area contributed by atoms with Gasteiger partial charge in [0, 0.05) is 13.1 Å². The molecule has 4 nitrogen and oxygen atoms in total. The molecule has 2 rings (SSSR count). The van der Waals surface area contributed by atoms with Crippen molar-refractivity contribution in [2.75, 3.05) is 6.54 Å². The molecule has 0 saturated carbocycles. The van der Waals surface area contributed by atoms with E-state index < -0.39 is 5.41 Å². The summed E-state index contributed by atoms with van der Waals surface area (Å²) in [5.41, 5.74) is 1.42. The van der Waals surface area contributed by atoms with Gasteiger partial charge in [0.2, 0.25) is 11.8 Å². The molecule has 5 heteroatoms. The number of aryl methyl sites for hydroxylation is 1. The van der Waals surface area contributed by atoms with Crippen molar-refractivity contribution in [1.29, 1.82) is 0 Å². The highest BCUT2D eigenvalue weighted by Gasteiger charge is 2.35. The monoisotopic (exact) mass is 356 g/mol. The molecule has 0 unspecified atom stereocenters. The van der Waals surface area contributed by atoms with E-state index in [1.807, 2.05) is 31.2 Å². The minimum atomic E-state index is -1.21. The summed E-state index contributed by atoms with van der Waals surface area (Å²) in [6.07, 6.45) is 0.374. The number of amides is 2. The van der Waals surface area contributed by atoms with Crippen molar-refractivity contribution in [1.82, 2.24) is 10.6 Å². The quantitative estimate of drug-likeness (QED) is 0.749. The molecule has 0 aliphatic heterocycles. The van der Waals surface area contributed by atoms with Crippen molar-refractivity contribution in [3.8, 4) is 0 Å². The maximum atomic E-state index is 13.6. The lowest BCUT2D eigenvalue weighted by molar-refractivity contribution is -0.141. The molecule has 2 amide bonds. The van der Waals surface area contributed by atoms with E-state index in [0.29, 0.717) is 18.5 Å². The Hall–Kier alpha value is -2.69. The zero-order valence-electron chi connectivity index (χ0n) is 15.4. The fraction of sp³-hybridized carbons (Fsp3) is 0.333. The summed E-state index contributed by atoms with van der Waals surface area (Å²) in [6.45, 7) is 5.78. The van der Waals surface area contributed by atoms with Crippen LogP contribution in [0.5, 0.6) is 0 Å². The third kappa shape index (κ3) is 5.15. The summed E-state index contributed by atoms with van der Waals surface area (Å²) in [6, 6.07) is 14.3. The Kier molecular flexibility index (Phi) is 6.50. The van der Waals surface area contributed by atoms with E-state index in [2.05, 4.69) is 10.6 Å². The molecule has 0 atom stereocenters. The van der Waals surface area contributed by atoms with Crippen LogP contribution in [0.2, 0.25) is 0 Å². The van der Waals surface area contributed by atoms with E-state index >= 15 is 0 Å². The second-order valence-corrected chi connectivity index (χ2v) is 6.89. The Morgan fingerprint density at radius 2 is 1.69 bits per heavy atom. The maximum absolute atomic E-state index is 13.6. The maximum Gasteiger partial charge on any atom is 0.235 e. The second kappa shape index (κ2) is 8.61. The van der Waals surface area contributed by atoms with Crippen molar-refractivity contribution < 1.29 is 14.0 Å². The molecule has 0 heterocycles. The number of hydrogen-bond donors (Lipinski definition) is 2. The molecule has 2 aromatic rings. The summed E-state index contributed by atoms with van der Waals surface area (Å²) in [5.74, 6) is -1.02. The molecule has 0 bridgehead atoms. The molecule has 2 aromatic carbocycles. The molecule has 26 heavy (non-hydrogen) atoms. The molecule has 0 fully saturated rings. The van der Waals surface area contributed by atoms with E-state index in [1.165, 1.54) is 6.07 Å². The summed E-state index contributed by atoms with van der Waals surface area (Å²) in [7, 11) is 0. The zero-order chi connectivity index (χ0) is 19.2. The van der Waals surface area contributed by atoms with Gasteiger partial charge in [0.15, 0.2) is 0 Å². The fourth-order valence-electron chi connectivity index (χ4n) is 2.56. The third-order valence-corrected chi connectivity index (χ3v) is 4.31. The Bertz CT molecular complexity index is 787. The van der Waals surface area contributed by atoms with Gasteiger partial charge in [-0.2, -0.15) is 0 Å². The molecule has 0 aliphatic carbocycles. The van der Waals surface area contributed by atoms with Crippen molar-refractivity contribution in [2.45, 2.75) is 33.7 Å². The van der Waals surface area contributed by atoms with Crippen LogP contribution in [0.1, 0.15) is 30.5 Å². The lowest BCUT2D eigenvalue weighted by Gasteiger charge is -2.23. The van der Waals surface area contributed by atoms with Crippen LogP contribution in [0.3, 0.4) is 0 Å². The molecule has 2 N–H and O–H groups in total. The Morgan fingerprint density at radius 1 is 1.00 bits per heavy atom. The van der Waals surface area contributed by atoms with Gasteiger partial charge in [0.1, 0.15) is 11.2 Å². The summed E-state index contributed by atoms with van der Waals surface area (Å²) in [4.78, 5) is 24.8. The van der Waals surface area contributed by atoms with Gasteiger partial charge in [-0.25, -0.2) is 4.39 Å². The van der Waals surface area contributed by atoms with Crippen LogP contribution in [-0.4, -0.2) is 18.4 Å². The number of hydrogen-bond acceptors (Lipinski definition) is 2. The molecule has 0 aromatic heterocycles. The highest BCUT2D eigenvalue weighted by Crippen LogP contribution is 2.16. The van der Waals surface area contributed by atoms with E-state index in [4.69, 9.17) is 0 Å². The van der Waals surface area contributed by atoms with E-state index in [1.54, 1.807) is 32.0 Å². The average molecular weight is 356 g/mol. The van der Waals surface area contributed by atoms with Crippen LogP contribution in [0.15, 0.2) is 48.5 Å². The number of halogens is 1. The molecule has 0 radical (unpaired) electrons.